The van der Waals surface area contributed by atoms with Crippen LogP contribution in [0.1, 0.15) is 35.7 Å². The van der Waals surface area contributed by atoms with Gasteiger partial charge in [-0.05, 0) is 61.7 Å². The van der Waals surface area contributed by atoms with E-state index in [4.69, 9.17) is 0 Å². The van der Waals surface area contributed by atoms with Gasteiger partial charge in [0.1, 0.15) is 5.82 Å². The lowest BCUT2D eigenvalue weighted by molar-refractivity contribution is -0.121. The van der Waals surface area contributed by atoms with Crippen molar-refractivity contribution in [1.82, 2.24) is 14.5 Å². The second-order valence-electron chi connectivity index (χ2n) is 7.36. The predicted octanol–water partition coefficient (Wildman–Crippen LogP) is 2.39. The Morgan fingerprint density at radius 2 is 1.65 bits per heavy atom. The van der Waals surface area contributed by atoms with E-state index in [9.17, 15) is 22.4 Å². The van der Waals surface area contributed by atoms with Crippen LogP contribution < -0.4 is 5.32 Å². The van der Waals surface area contributed by atoms with Gasteiger partial charge in [-0.1, -0.05) is 12.1 Å². The predicted molar refractivity (Wildman–Crippen MR) is 114 cm³/mol. The van der Waals surface area contributed by atoms with Crippen LogP contribution in [0, 0.1) is 5.82 Å². The molecule has 9 heteroatoms. The number of likely N-dealkylation sites (N-methyl/N-ethyl adjacent to an activating group) is 1. The highest BCUT2D eigenvalue weighted by molar-refractivity contribution is 7.89. The Labute approximate surface area is 181 Å². The standard InChI is InChI=1S/C22H26FN3O4S/c1-2-25(16-21(27)24-15-17-5-9-19(23)10-6-17)22(28)18-7-11-20(12-8-18)31(29,30)26-13-3-4-14-26/h5-12H,2-4,13-16H2,1H3,(H,24,27). The molecule has 0 aliphatic carbocycles. The molecule has 1 fully saturated rings. The van der Waals surface area contributed by atoms with Gasteiger partial charge in [0.25, 0.3) is 5.91 Å². The molecule has 0 unspecified atom stereocenters. The topological polar surface area (TPSA) is 86.8 Å². The molecular formula is C22H26FN3O4S. The van der Waals surface area contributed by atoms with E-state index >= 15 is 0 Å². The second-order valence-corrected chi connectivity index (χ2v) is 9.30. The van der Waals surface area contributed by atoms with Crippen LogP contribution in [0.25, 0.3) is 0 Å². The summed E-state index contributed by atoms with van der Waals surface area (Å²) in [6.45, 7) is 3.20. The number of amides is 2. The number of nitrogens with one attached hydrogen (secondary N) is 1. The molecule has 166 valence electrons. The summed E-state index contributed by atoms with van der Waals surface area (Å²) < 4.78 is 39.6. The Morgan fingerprint density at radius 3 is 2.23 bits per heavy atom. The molecular weight excluding hydrogens is 421 g/mol. The summed E-state index contributed by atoms with van der Waals surface area (Å²) in [5, 5.41) is 2.71. The van der Waals surface area contributed by atoms with E-state index in [0.29, 0.717) is 25.2 Å². The number of carbonyl (C=O) groups is 2. The number of sulfonamides is 1. The molecule has 0 radical (unpaired) electrons. The molecule has 3 rings (SSSR count). The number of nitrogens with zero attached hydrogens (tertiary/aromatic N) is 2. The van der Waals surface area contributed by atoms with Gasteiger partial charge in [-0.25, -0.2) is 12.8 Å². The van der Waals surface area contributed by atoms with Crippen LogP contribution in [0.2, 0.25) is 0 Å². The van der Waals surface area contributed by atoms with Gasteiger partial charge >= 0.3 is 0 Å². The van der Waals surface area contributed by atoms with Crippen LogP contribution >= 0.6 is 0 Å². The van der Waals surface area contributed by atoms with Crippen LogP contribution in [0.3, 0.4) is 0 Å². The molecule has 1 heterocycles. The average molecular weight is 448 g/mol. The largest absolute Gasteiger partial charge is 0.350 e. The third-order valence-corrected chi connectivity index (χ3v) is 7.12. The molecule has 1 N–H and O–H groups in total. The maximum atomic E-state index is 13.0. The summed E-state index contributed by atoms with van der Waals surface area (Å²) in [7, 11) is -3.54. The SMILES string of the molecule is CCN(CC(=O)NCc1ccc(F)cc1)C(=O)c1ccc(S(=O)(=O)N2CCCC2)cc1. The average Bonchev–Trinajstić information content (AvgIpc) is 3.33. The Bertz CT molecular complexity index is 1020. The van der Waals surface area contributed by atoms with Gasteiger partial charge in [-0.15, -0.1) is 0 Å². The van der Waals surface area contributed by atoms with E-state index in [1.165, 1.54) is 45.6 Å². The van der Waals surface area contributed by atoms with E-state index in [0.717, 1.165) is 18.4 Å². The third-order valence-electron chi connectivity index (χ3n) is 5.21. The van der Waals surface area contributed by atoms with Crippen molar-refractivity contribution >= 4 is 21.8 Å². The van der Waals surface area contributed by atoms with Gasteiger partial charge in [0.15, 0.2) is 0 Å². The summed E-state index contributed by atoms with van der Waals surface area (Å²) in [5.74, 6) is -1.05. The van der Waals surface area contributed by atoms with E-state index in [-0.39, 0.29) is 35.6 Å². The minimum atomic E-state index is -3.54. The summed E-state index contributed by atoms with van der Waals surface area (Å²) in [6.07, 6.45) is 1.70. The molecule has 0 atom stereocenters. The highest BCUT2D eigenvalue weighted by atomic mass is 32.2. The quantitative estimate of drug-likeness (QED) is 0.673. The van der Waals surface area contributed by atoms with Crippen LogP contribution in [0.4, 0.5) is 4.39 Å². The van der Waals surface area contributed by atoms with E-state index in [1.807, 2.05) is 0 Å². The fourth-order valence-corrected chi connectivity index (χ4v) is 4.91. The zero-order chi connectivity index (χ0) is 22.4. The monoisotopic (exact) mass is 447 g/mol. The fraction of sp³-hybridized carbons (Fsp3) is 0.364. The first-order valence-electron chi connectivity index (χ1n) is 10.2. The van der Waals surface area contributed by atoms with Crippen molar-refractivity contribution in [2.45, 2.75) is 31.2 Å². The molecule has 7 nitrogen and oxygen atoms in total. The van der Waals surface area contributed by atoms with Crippen LogP contribution in [-0.2, 0) is 21.4 Å². The van der Waals surface area contributed by atoms with Gasteiger partial charge in [0.2, 0.25) is 15.9 Å². The lowest BCUT2D eigenvalue weighted by Crippen LogP contribution is -2.40. The van der Waals surface area contributed by atoms with Gasteiger partial charge in [0.05, 0.1) is 11.4 Å². The Hall–Kier alpha value is -2.78. The number of hydrogen-bond donors (Lipinski definition) is 1. The smallest absolute Gasteiger partial charge is 0.254 e. The number of benzene rings is 2. The molecule has 31 heavy (non-hydrogen) atoms. The van der Waals surface area contributed by atoms with Crippen molar-refractivity contribution in [3.8, 4) is 0 Å². The summed E-state index contributed by atoms with van der Waals surface area (Å²) >= 11 is 0. The Morgan fingerprint density at radius 1 is 1.03 bits per heavy atom. The van der Waals surface area contributed by atoms with Crippen LogP contribution in [-0.4, -0.2) is 55.6 Å². The normalized spacial score (nSPS) is 14.4. The molecule has 1 aliphatic rings. The molecule has 0 aromatic heterocycles. The number of rotatable bonds is 8. The molecule has 0 spiro atoms. The Balaban J connectivity index is 1.60. The first-order chi connectivity index (χ1) is 14.8. The lowest BCUT2D eigenvalue weighted by atomic mass is 10.2. The minimum Gasteiger partial charge on any atom is -0.350 e. The van der Waals surface area contributed by atoms with Crippen molar-refractivity contribution in [2.24, 2.45) is 0 Å². The van der Waals surface area contributed by atoms with Gasteiger partial charge in [-0.3, -0.25) is 9.59 Å². The third kappa shape index (κ3) is 5.68. The molecule has 0 saturated carbocycles. The fourth-order valence-electron chi connectivity index (χ4n) is 3.39. The van der Waals surface area contributed by atoms with E-state index < -0.39 is 10.0 Å². The molecule has 2 aromatic rings. The van der Waals surface area contributed by atoms with Gasteiger partial charge in [0, 0.05) is 31.7 Å². The van der Waals surface area contributed by atoms with Crippen molar-refractivity contribution in [3.63, 3.8) is 0 Å². The maximum Gasteiger partial charge on any atom is 0.254 e. The van der Waals surface area contributed by atoms with Crippen LogP contribution in [0.5, 0.6) is 0 Å². The molecule has 0 bridgehead atoms. The molecule has 1 saturated heterocycles. The van der Waals surface area contributed by atoms with Gasteiger partial charge < -0.3 is 10.2 Å². The van der Waals surface area contributed by atoms with Crippen molar-refractivity contribution in [2.75, 3.05) is 26.2 Å². The summed E-state index contributed by atoms with van der Waals surface area (Å²) in [5.41, 5.74) is 1.06. The first kappa shape index (κ1) is 22.9. The van der Waals surface area contributed by atoms with Crippen molar-refractivity contribution < 1.29 is 22.4 Å². The second kappa shape index (κ2) is 10.0. The number of hydrogen-bond acceptors (Lipinski definition) is 4. The summed E-state index contributed by atoms with van der Waals surface area (Å²) in [6, 6.07) is 11.6. The summed E-state index contributed by atoms with van der Waals surface area (Å²) in [4.78, 5) is 26.6. The lowest BCUT2D eigenvalue weighted by Gasteiger charge is -2.21. The van der Waals surface area contributed by atoms with Gasteiger partial charge in [-0.2, -0.15) is 4.31 Å². The zero-order valence-electron chi connectivity index (χ0n) is 17.4. The first-order valence-corrected chi connectivity index (χ1v) is 11.7. The molecule has 1 aliphatic heterocycles. The molecule has 2 aromatic carbocycles. The van der Waals surface area contributed by atoms with E-state index in [1.54, 1.807) is 19.1 Å². The van der Waals surface area contributed by atoms with Crippen molar-refractivity contribution in [3.05, 3.63) is 65.5 Å². The molecule has 2 amide bonds. The number of halogens is 1. The van der Waals surface area contributed by atoms with Crippen LogP contribution in [0.15, 0.2) is 53.4 Å². The highest BCUT2D eigenvalue weighted by Crippen LogP contribution is 2.21. The highest BCUT2D eigenvalue weighted by Gasteiger charge is 2.27. The zero-order valence-corrected chi connectivity index (χ0v) is 18.2. The maximum absolute atomic E-state index is 13.0. The van der Waals surface area contributed by atoms with Crippen molar-refractivity contribution in [1.29, 1.82) is 0 Å². The van der Waals surface area contributed by atoms with E-state index in [2.05, 4.69) is 5.32 Å². The Kier molecular flexibility index (Phi) is 7.40. The number of carbonyl (C=O) groups excluding carboxylic acids is 2. The minimum absolute atomic E-state index is 0.135.